The molecule has 3 heteroatoms. The van der Waals surface area contributed by atoms with Crippen molar-refractivity contribution >= 4 is 17.3 Å². The minimum atomic E-state index is 0.0778. The van der Waals surface area contributed by atoms with E-state index in [1.165, 1.54) is 0 Å². The van der Waals surface area contributed by atoms with Gasteiger partial charge in [0.05, 0.1) is 11.4 Å². The van der Waals surface area contributed by atoms with Crippen LogP contribution in [-0.4, -0.2) is 19.0 Å². The van der Waals surface area contributed by atoms with Gasteiger partial charge in [-0.1, -0.05) is 18.2 Å². The van der Waals surface area contributed by atoms with Gasteiger partial charge >= 0.3 is 0 Å². The molecule has 3 nitrogen and oxygen atoms in total. The number of rotatable bonds is 2. The second kappa shape index (κ2) is 4.17. The molecule has 0 aliphatic carbocycles. The summed E-state index contributed by atoms with van der Waals surface area (Å²) in [5.74, 6) is 0.0778. The molecule has 1 aromatic carbocycles. The molecule has 0 saturated heterocycles. The molecule has 0 saturated carbocycles. The van der Waals surface area contributed by atoms with Crippen molar-refractivity contribution < 1.29 is 4.79 Å². The zero-order chi connectivity index (χ0) is 10.7. The van der Waals surface area contributed by atoms with Crippen LogP contribution in [0.15, 0.2) is 36.9 Å². The minimum absolute atomic E-state index is 0.0778. The largest absolute Gasteiger partial charge is 0.366 e. The summed E-state index contributed by atoms with van der Waals surface area (Å²) in [5.41, 5.74) is 1.96. The standard InChI is InChI=1S/C12H14N2O/c1-2-8-14-9-7-12(15)13-10-5-3-4-6-11(10)14/h2-6H,1,7-9H2,(H,13,15). The molecule has 1 aliphatic rings. The van der Waals surface area contributed by atoms with Gasteiger partial charge < -0.3 is 10.2 Å². The second-order valence-corrected chi connectivity index (χ2v) is 3.55. The lowest BCUT2D eigenvalue weighted by atomic mass is 10.2. The minimum Gasteiger partial charge on any atom is -0.366 e. The molecule has 0 spiro atoms. The Hall–Kier alpha value is -1.77. The van der Waals surface area contributed by atoms with Crippen LogP contribution in [0, 0.1) is 0 Å². The molecule has 1 aromatic rings. The van der Waals surface area contributed by atoms with Gasteiger partial charge in [0.25, 0.3) is 0 Å². The van der Waals surface area contributed by atoms with E-state index in [1.54, 1.807) is 0 Å². The summed E-state index contributed by atoms with van der Waals surface area (Å²) in [5, 5.41) is 2.90. The van der Waals surface area contributed by atoms with Gasteiger partial charge in [0.2, 0.25) is 5.91 Å². The fraction of sp³-hybridized carbons (Fsp3) is 0.250. The van der Waals surface area contributed by atoms with Gasteiger partial charge in [-0.3, -0.25) is 4.79 Å². The Morgan fingerprint density at radius 3 is 3.07 bits per heavy atom. The third-order valence-corrected chi connectivity index (χ3v) is 2.48. The summed E-state index contributed by atoms with van der Waals surface area (Å²) < 4.78 is 0. The molecule has 1 N–H and O–H groups in total. The first-order valence-corrected chi connectivity index (χ1v) is 5.06. The van der Waals surface area contributed by atoms with E-state index in [0.717, 1.165) is 24.5 Å². The molecule has 0 atom stereocenters. The molecule has 2 rings (SSSR count). The second-order valence-electron chi connectivity index (χ2n) is 3.55. The van der Waals surface area contributed by atoms with Gasteiger partial charge in [0.1, 0.15) is 0 Å². The fourth-order valence-corrected chi connectivity index (χ4v) is 1.77. The van der Waals surface area contributed by atoms with Crippen molar-refractivity contribution in [3.63, 3.8) is 0 Å². The molecule has 0 fully saturated rings. The lowest BCUT2D eigenvalue weighted by Gasteiger charge is -2.22. The van der Waals surface area contributed by atoms with Crippen LogP contribution >= 0.6 is 0 Å². The van der Waals surface area contributed by atoms with Crippen molar-refractivity contribution in [3.05, 3.63) is 36.9 Å². The average molecular weight is 202 g/mol. The third kappa shape index (κ3) is 2.01. The molecule has 0 aromatic heterocycles. The number of fused-ring (bicyclic) bond motifs is 1. The van der Waals surface area contributed by atoms with Gasteiger partial charge in [-0.05, 0) is 12.1 Å². The summed E-state index contributed by atoms with van der Waals surface area (Å²) in [6.07, 6.45) is 2.38. The zero-order valence-electron chi connectivity index (χ0n) is 8.57. The number of para-hydroxylation sites is 2. The first-order chi connectivity index (χ1) is 7.31. The van der Waals surface area contributed by atoms with E-state index >= 15 is 0 Å². The Labute approximate surface area is 89.4 Å². The van der Waals surface area contributed by atoms with Gasteiger partial charge in [-0.2, -0.15) is 0 Å². The fourth-order valence-electron chi connectivity index (χ4n) is 1.77. The number of nitrogens with zero attached hydrogens (tertiary/aromatic N) is 1. The first kappa shape index (κ1) is 9.77. The summed E-state index contributed by atoms with van der Waals surface area (Å²) >= 11 is 0. The number of amides is 1. The zero-order valence-corrected chi connectivity index (χ0v) is 8.57. The van der Waals surface area contributed by atoms with E-state index in [-0.39, 0.29) is 5.91 Å². The highest BCUT2D eigenvalue weighted by molar-refractivity contribution is 5.96. The number of anilines is 2. The lowest BCUT2D eigenvalue weighted by Crippen LogP contribution is -2.24. The quantitative estimate of drug-likeness (QED) is 0.744. The summed E-state index contributed by atoms with van der Waals surface area (Å²) in [4.78, 5) is 13.6. The SMILES string of the molecule is C=CCN1CCC(=O)Nc2ccccc21. The maximum absolute atomic E-state index is 11.4. The number of carbonyl (C=O) groups is 1. The highest BCUT2D eigenvalue weighted by atomic mass is 16.1. The van der Waals surface area contributed by atoms with Crippen LogP contribution < -0.4 is 10.2 Å². The monoisotopic (exact) mass is 202 g/mol. The molecular weight excluding hydrogens is 188 g/mol. The van der Waals surface area contributed by atoms with Gasteiger partial charge in [-0.25, -0.2) is 0 Å². The van der Waals surface area contributed by atoms with Crippen molar-refractivity contribution in [1.82, 2.24) is 0 Å². The Balaban J connectivity index is 2.37. The summed E-state index contributed by atoms with van der Waals surface area (Å²) in [6.45, 7) is 5.25. The van der Waals surface area contributed by atoms with Crippen molar-refractivity contribution in [2.45, 2.75) is 6.42 Å². The van der Waals surface area contributed by atoms with E-state index in [4.69, 9.17) is 0 Å². The van der Waals surface area contributed by atoms with E-state index in [1.807, 2.05) is 30.3 Å². The lowest BCUT2D eigenvalue weighted by molar-refractivity contribution is -0.115. The van der Waals surface area contributed by atoms with Crippen molar-refractivity contribution in [2.24, 2.45) is 0 Å². The maximum atomic E-state index is 11.4. The molecular formula is C12H14N2O. The van der Waals surface area contributed by atoms with Crippen LogP contribution in [-0.2, 0) is 4.79 Å². The number of carbonyl (C=O) groups excluding carboxylic acids is 1. The molecule has 0 bridgehead atoms. The Morgan fingerprint density at radius 2 is 2.27 bits per heavy atom. The third-order valence-electron chi connectivity index (χ3n) is 2.48. The van der Waals surface area contributed by atoms with Crippen LogP contribution in [0.3, 0.4) is 0 Å². The number of benzene rings is 1. The molecule has 15 heavy (non-hydrogen) atoms. The van der Waals surface area contributed by atoms with Crippen LogP contribution in [0.4, 0.5) is 11.4 Å². The van der Waals surface area contributed by atoms with E-state index < -0.39 is 0 Å². The van der Waals surface area contributed by atoms with Crippen LogP contribution in [0.25, 0.3) is 0 Å². The smallest absolute Gasteiger partial charge is 0.226 e. The van der Waals surface area contributed by atoms with Gasteiger partial charge in [0.15, 0.2) is 0 Å². The van der Waals surface area contributed by atoms with Gasteiger partial charge in [-0.15, -0.1) is 6.58 Å². The van der Waals surface area contributed by atoms with Gasteiger partial charge in [0, 0.05) is 19.5 Å². The number of hydrogen-bond donors (Lipinski definition) is 1. The molecule has 1 aliphatic heterocycles. The molecule has 0 radical (unpaired) electrons. The van der Waals surface area contributed by atoms with Crippen LogP contribution in [0.2, 0.25) is 0 Å². The highest BCUT2D eigenvalue weighted by Gasteiger charge is 2.16. The van der Waals surface area contributed by atoms with Crippen molar-refractivity contribution in [1.29, 1.82) is 0 Å². The number of nitrogens with one attached hydrogen (secondary N) is 1. The van der Waals surface area contributed by atoms with Crippen LogP contribution in [0.1, 0.15) is 6.42 Å². The Bertz CT molecular complexity index is 387. The Kier molecular flexibility index (Phi) is 2.72. The average Bonchev–Trinajstić information content (AvgIpc) is 2.39. The maximum Gasteiger partial charge on any atom is 0.226 e. The summed E-state index contributed by atoms with van der Waals surface area (Å²) in [7, 11) is 0. The molecule has 1 amide bonds. The number of hydrogen-bond acceptors (Lipinski definition) is 2. The predicted octanol–water partition coefficient (Wildman–Crippen LogP) is 2.02. The topological polar surface area (TPSA) is 32.3 Å². The summed E-state index contributed by atoms with van der Waals surface area (Å²) in [6, 6.07) is 7.85. The predicted molar refractivity (Wildman–Crippen MR) is 62.1 cm³/mol. The normalized spacial score (nSPS) is 15.2. The van der Waals surface area contributed by atoms with Crippen molar-refractivity contribution in [3.8, 4) is 0 Å². The molecule has 1 heterocycles. The van der Waals surface area contributed by atoms with E-state index in [2.05, 4.69) is 16.8 Å². The highest BCUT2D eigenvalue weighted by Crippen LogP contribution is 2.27. The molecule has 78 valence electrons. The van der Waals surface area contributed by atoms with E-state index in [9.17, 15) is 4.79 Å². The van der Waals surface area contributed by atoms with Crippen LogP contribution in [0.5, 0.6) is 0 Å². The Morgan fingerprint density at radius 1 is 1.47 bits per heavy atom. The molecule has 0 unspecified atom stereocenters. The van der Waals surface area contributed by atoms with Crippen molar-refractivity contribution in [2.75, 3.05) is 23.3 Å². The first-order valence-electron chi connectivity index (χ1n) is 5.06. The van der Waals surface area contributed by atoms with E-state index in [0.29, 0.717) is 6.42 Å².